The SMILES string of the molecule is CCN(C(=O)Cn1c(C(=O)N[C@H]2CC[C@H](C(=O)NCCCCCCCC(=O)NCCOCCOCCOCCC(=O)N[C@@H](C(=O)N3CC[C@H](C(=O)NCc4ccc(-c5scnc5C)cc4)C3)C(C)(C)C)CC2)cc2sccc21)c1cccc(C)c1. The molecule has 2 fully saturated rings. The van der Waals surface area contributed by atoms with Crippen LogP contribution >= 0.6 is 22.7 Å². The number of nitrogens with zero attached hydrogens (tertiary/aromatic N) is 4. The maximum Gasteiger partial charge on any atom is 0.268 e. The molecule has 4 heterocycles. The number of fused-ring (bicyclic) bond motifs is 1. The molecule has 1 aliphatic heterocycles. The molecule has 0 spiro atoms. The molecule has 0 unspecified atom stereocenters. The lowest BCUT2D eigenvalue weighted by Gasteiger charge is -2.33. The summed E-state index contributed by atoms with van der Waals surface area (Å²) in [5, 5.41) is 17.1. The van der Waals surface area contributed by atoms with Crippen LogP contribution in [0.15, 0.2) is 71.6 Å². The summed E-state index contributed by atoms with van der Waals surface area (Å²) in [7, 11) is 0. The normalized spacial score (nSPS) is 16.4. The van der Waals surface area contributed by atoms with Crippen LogP contribution in [0.1, 0.15) is 132 Å². The van der Waals surface area contributed by atoms with Crippen molar-refractivity contribution in [2.24, 2.45) is 17.3 Å². The van der Waals surface area contributed by atoms with Crippen molar-refractivity contribution in [3.05, 3.63) is 94.1 Å². The van der Waals surface area contributed by atoms with Crippen LogP contribution in [0.2, 0.25) is 0 Å². The Morgan fingerprint density at radius 3 is 2.14 bits per heavy atom. The van der Waals surface area contributed by atoms with E-state index in [0.717, 1.165) is 75.3 Å². The zero-order valence-corrected chi connectivity index (χ0v) is 52.2. The summed E-state index contributed by atoms with van der Waals surface area (Å²) in [4.78, 5) is 101. The van der Waals surface area contributed by atoms with E-state index in [1.807, 2.05) is 118 Å². The third kappa shape index (κ3) is 20.3. The minimum absolute atomic E-state index is 0.00878. The monoisotopic (exact) mass is 1210 g/mol. The number of likely N-dealkylation sites (tertiary alicyclic amines) is 1. The predicted molar refractivity (Wildman–Crippen MR) is 333 cm³/mol. The Morgan fingerprint density at radius 1 is 0.729 bits per heavy atom. The Hall–Kier alpha value is -6.52. The Kier molecular flexibility index (Phi) is 25.9. The van der Waals surface area contributed by atoms with Gasteiger partial charge in [0.2, 0.25) is 35.4 Å². The van der Waals surface area contributed by atoms with Crippen molar-refractivity contribution in [2.75, 3.05) is 77.3 Å². The highest BCUT2D eigenvalue weighted by Gasteiger charge is 2.40. The van der Waals surface area contributed by atoms with Crippen LogP contribution < -0.4 is 31.5 Å². The molecule has 21 heteroatoms. The number of carbonyl (C=O) groups is 7. The summed E-state index contributed by atoms with van der Waals surface area (Å²) < 4.78 is 19.6. The van der Waals surface area contributed by atoms with Crippen LogP contribution in [0, 0.1) is 31.1 Å². The number of amides is 7. The number of anilines is 1. The lowest BCUT2D eigenvalue weighted by atomic mass is 9.85. The van der Waals surface area contributed by atoms with E-state index in [-0.39, 0.29) is 78.8 Å². The van der Waals surface area contributed by atoms with Crippen molar-refractivity contribution >= 4 is 79.9 Å². The largest absolute Gasteiger partial charge is 0.379 e. The summed E-state index contributed by atoms with van der Waals surface area (Å²) in [5.41, 5.74) is 7.61. The number of thiazole rings is 1. The number of carbonyl (C=O) groups excluding carboxylic acids is 7. The van der Waals surface area contributed by atoms with Gasteiger partial charge < -0.3 is 55.2 Å². The van der Waals surface area contributed by atoms with Crippen LogP contribution in [0.3, 0.4) is 0 Å². The number of nitrogens with one attached hydrogen (secondary N) is 5. The topological polar surface area (TPSA) is 232 Å². The number of ether oxygens (including phenoxy) is 3. The smallest absolute Gasteiger partial charge is 0.268 e. The fraction of sp³-hybridized carbons (Fsp3) is 0.562. The van der Waals surface area contributed by atoms with Gasteiger partial charge in [-0.05, 0) is 117 Å². The molecule has 7 rings (SSSR count). The average Bonchev–Trinajstić information content (AvgIpc) is 2.16. The highest BCUT2D eigenvalue weighted by Crippen LogP contribution is 2.31. The number of hydrogen-bond acceptors (Lipinski definition) is 13. The van der Waals surface area contributed by atoms with Crippen LogP contribution in [0.5, 0.6) is 0 Å². The number of likely N-dealkylation sites (N-methyl/N-ethyl adjacent to an activating group) is 1. The minimum Gasteiger partial charge on any atom is -0.379 e. The van der Waals surface area contributed by atoms with Crippen LogP contribution in [-0.4, -0.2) is 140 Å². The van der Waals surface area contributed by atoms with Gasteiger partial charge in [0.15, 0.2) is 0 Å². The van der Waals surface area contributed by atoms with E-state index < -0.39 is 11.5 Å². The van der Waals surface area contributed by atoms with E-state index in [4.69, 9.17) is 14.2 Å². The van der Waals surface area contributed by atoms with Crippen molar-refractivity contribution in [1.82, 2.24) is 41.0 Å². The number of benzene rings is 2. The number of aryl methyl sites for hydroxylation is 2. The first-order valence-electron chi connectivity index (χ1n) is 30.4. The molecule has 2 atom stereocenters. The lowest BCUT2D eigenvalue weighted by Crippen LogP contribution is -2.54. The van der Waals surface area contributed by atoms with Crippen LogP contribution in [0.4, 0.5) is 5.69 Å². The maximum atomic E-state index is 13.7. The molecule has 3 aromatic heterocycles. The first kappa shape index (κ1) is 66.0. The molecule has 0 radical (unpaired) electrons. The van der Waals surface area contributed by atoms with Crippen molar-refractivity contribution in [2.45, 2.75) is 144 Å². The van der Waals surface area contributed by atoms with E-state index in [1.54, 1.807) is 32.5 Å². The van der Waals surface area contributed by atoms with Crippen molar-refractivity contribution in [1.29, 1.82) is 0 Å². The summed E-state index contributed by atoms with van der Waals surface area (Å²) in [5.74, 6) is -1.21. The second-order valence-corrected chi connectivity index (χ2v) is 25.2. The minimum atomic E-state index is -0.757. The molecule has 462 valence electrons. The fourth-order valence-corrected chi connectivity index (χ4v) is 12.5. The van der Waals surface area contributed by atoms with Crippen molar-refractivity contribution < 1.29 is 47.8 Å². The van der Waals surface area contributed by atoms with Gasteiger partial charge in [-0.3, -0.25) is 33.6 Å². The quantitative estimate of drug-likeness (QED) is 0.0250. The highest BCUT2D eigenvalue weighted by molar-refractivity contribution is 7.17. The van der Waals surface area contributed by atoms with Crippen LogP contribution in [0.25, 0.3) is 20.7 Å². The van der Waals surface area contributed by atoms with Gasteiger partial charge in [-0.15, -0.1) is 22.7 Å². The number of thiophene rings is 1. The number of unbranched alkanes of at least 4 members (excludes halogenated alkanes) is 4. The van der Waals surface area contributed by atoms with Gasteiger partial charge in [0.1, 0.15) is 18.3 Å². The van der Waals surface area contributed by atoms with E-state index in [1.165, 1.54) is 0 Å². The van der Waals surface area contributed by atoms with Crippen molar-refractivity contribution in [3.63, 3.8) is 0 Å². The van der Waals surface area contributed by atoms with Gasteiger partial charge in [0.25, 0.3) is 5.91 Å². The van der Waals surface area contributed by atoms with Gasteiger partial charge in [0.05, 0.1) is 71.9 Å². The van der Waals surface area contributed by atoms with E-state index >= 15 is 0 Å². The summed E-state index contributed by atoms with van der Waals surface area (Å²) in [6, 6.07) is 19.0. The molecule has 85 heavy (non-hydrogen) atoms. The molecule has 1 saturated heterocycles. The Bertz CT molecular complexity index is 2980. The Morgan fingerprint density at radius 2 is 1.44 bits per heavy atom. The predicted octanol–water partition coefficient (Wildman–Crippen LogP) is 8.49. The Balaban J connectivity index is 0.642. The molecule has 0 bridgehead atoms. The van der Waals surface area contributed by atoms with E-state index in [2.05, 4.69) is 31.6 Å². The van der Waals surface area contributed by atoms with Gasteiger partial charge in [0, 0.05) is 69.8 Å². The van der Waals surface area contributed by atoms with Crippen LogP contribution in [-0.2, 0) is 56.1 Å². The zero-order valence-electron chi connectivity index (χ0n) is 50.6. The lowest BCUT2D eigenvalue weighted by molar-refractivity contribution is -0.139. The molecular formula is C64H89N9O10S2. The first-order valence-corrected chi connectivity index (χ1v) is 32.1. The molecule has 1 aliphatic carbocycles. The molecule has 1 saturated carbocycles. The highest BCUT2D eigenvalue weighted by atomic mass is 32.1. The summed E-state index contributed by atoms with van der Waals surface area (Å²) in [6.07, 6.45) is 8.45. The second-order valence-electron chi connectivity index (χ2n) is 23.3. The molecular weight excluding hydrogens is 1120 g/mol. The molecule has 5 aromatic rings. The van der Waals surface area contributed by atoms with Crippen molar-refractivity contribution in [3.8, 4) is 10.4 Å². The van der Waals surface area contributed by atoms with E-state index in [9.17, 15) is 33.6 Å². The summed E-state index contributed by atoms with van der Waals surface area (Å²) in [6.45, 7) is 16.3. The second kappa shape index (κ2) is 33.4. The van der Waals surface area contributed by atoms with Gasteiger partial charge in [-0.1, -0.05) is 76.4 Å². The third-order valence-corrected chi connectivity index (χ3v) is 17.6. The first-order chi connectivity index (χ1) is 41.0. The molecule has 19 nitrogen and oxygen atoms in total. The average molecular weight is 1210 g/mol. The van der Waals surface area contributed by atoms with Gasteiger partial charge >= 0.3 is 0 Å². The molecule has 2 aliphatic rings. The zero-order chi connectivity index (χ0) is 60.7. The number of aromatic nitrogens is 2. The van der Waals surface area contributed by atoms with Gasteiger partial charge in [-0.2, -0.15) is 0 Å². The third-order valence-electron chi connectivity index (χ3n) is 15.8. The van der Waals surface area contributed by atoms with E-state index in [0.29, 0.717) is 117 Å². The summed E-state index contributed by atoms with van der Waals surface area (Å²) >= 11 is 3.15. The maximum absolute atomic E-state index is 13.7. The molecule has 2 aromatic carbocycles. The molecule has 5 N–H and O–H groups in total. The number of hydrogen-bond donors (Lipinski definition) is 5. The Labute approximate surface area is 509 Å². The fourth-order valence-electron chi connectivity index (χ4n) is 10.9. The standard InChI is InChI=1S/C64H89N9O10S2/c1-7-72(51-15-13-14-44(2)38-51)57(76)42-73-52-27-37-84-54(52)39-53(73)62(79)69-50-23-21-48(22-24-50)60(77)66-28-12-10-8-9-11-16-55(74)65-29-32-82-34-36-83-35-33-81-31-26-56(75)70-59(64(4,5)6)63(80)71-30-25-49(41-71)61(78)67-40-46-17-19-47(20-18-46)58-45(3)68-43-85-58/h13-15,17-20,27,37-39,43,48-50,59H,7-12,16,21-26,28-36,40-42H2,1-6H3,(H,65,74)(H,66,77)(H,67,78)(H,69,79)(H,70,75)/t48-,49-,50-,59-/m0/s1. The molecule has 7 amide bonds. The van der Waals surface area contributed by atoms with Gasteiger partial charge in [-0.25, -0.2) is 4.98 Å². The number of rotatable bonds is 33.